The Labute approximate surface area is 115 Å². The lowest BCUT2D eigenvalue weighted by atomic mass is 9.92. The van der Waals surface area contributed by atoms with Crippen molar-refractivity contribution in [2.45, 2.75) is 36.6 Å². The number of rotatable bonds is 7. The maximum atomic E-state index is 13.0. The number of aliphatic carboxylic acids is 1. The molecule has 0 bridgehead atoms. The van der Waals surface area contributed by atoms with Gasteiger partial charge in [0.1, 0.15) is 5.54 Å². The Kier molecular flexibility index (Phi) is 5.75. The normalized spacial score (nSPS) is 14.1. The van der Waals surface area contributed by atoms with Gasteiger partial charge in [-0.1, -0.05) is 6.92 Å². The lowest BCUT2D eigenvalue weighted by molar-refractivity contribution is -0.143. The van der Waals surface area contributed by atoms with E-state index in [9.17, 15) is 13.6 Å². The lowest BCUT2D eigenvalue weighted by Gasteiger charge is -2.22. The van der Waals surface area contributed by atoms with E-state index in [0.29, 0.717) is 29.9 Å². The van der Waals surface area contributed by atoms with Gasteiger partial charge in [0, 0.05) is 4.90 Å². The summed E-state index contributed by atoms with van der Waals surface area (Å²) in [6.07, 6.45) is 1.31. The van der Waals surface area contributed by atoms with Crippen LogP contribution in [0.15, 0.2) is 23.1 Å². The van der Waals surface area contributed by atoms with E-state index >= 15 is 0 Å². The zero-order chi connectivity index (χ0) is 14.5. The Morgan fingerprint density at radius 2 is 2.11 bits per heavy atom. The van der Waals surface area contributed by atoms with Crippen LogP contribution in [0.4, 0.5) is 8.78 Å². The average molecular weight is 289 g/mol. The summed E-state index contributed by atoms with van der Waals surface area (Å²) >= 11 is 1.35. The molecule has 0 fully saturated rings. The van der Waals surface area contributed by atoms with Crippen molar-refractivity contribution in [3.05, 3.63) is 29.8 Å². The topological polar surface area (TPSA) is 63.3 Å². The summed E-state index contributed by atoms with van der Waals surface area (Å²) in [7, 11) is 0. The number of hydrogen-bond acceptors (Lipinski definition) is 3. The number of carboxylic acids is 1. The van der Waals surface area contributed by atoms with Crippen LogP contribution in [0, 0.1) is 11.6 Å². The van der Waals surface area contributed by atoms with Gasteiger partial charge in [-0.25, -0.2) is 8.78 Å². The standard InChI is InChI=1S/C13H17F2NO2S/c1-2-13(16,12(17)18)6-3-7-19-9-4-5-10(14)11(15)8-9/h4-5,8H,2-3,6-7,16H2,1H3,(H,17,18). The Bertz CT molecular complexity index is 456. The fourth-order valence-corrected chi connectivity index (χ4v) is 2.45. The highest BCUT2D eigenvalue weighted by Gasteiger charge is 2.30. The van der Waals surface area contributed by atoms with Crippen LogP contribution in [-0.2, 0) is 4.79 Å². The lowest BCUT2D eigenvalue weighted by Crippen LogP contribution is -2.47. The largest absolute Gasteiger partial charge is 0.480 e. The Morgan fingerprint density at radius 3 is 2.63 bits per heavy atom. The average Bonchev–Trinajstić information content (AvgIpc) is 2.38. The van der Waals surface area contributed by atoms with Gasteiger partial charge in [0.25, 0.3) is 0 Å². The third-order valence-electron chi connectivity index (χ3n) is 2.98. The van der Waals surface area contributed by atoms with Crippen molar-refractivity contribution in [2.75, 3.05) is 5.75 Å². The van der Waals surface area contributed by atoms with E-state index in [1.165, 1.54) is 17.8 Å². The zero-order valence-corrected chi connectivity index (χ0v) is 11.5. The highest BCUT2D eigenvalue weighted by Crippen LogP contribution is 2.23. The van der Waals surface area contributed by atoms with Gasteiger partial charge >= 0.3 is 5.97 Å². The molecule has 0 amide bonds. The van der Waals surface area contributed by atoms with Gasteiger partial charge in [-0.2, -0.15) is 0 Å². The van der Waals surface area contributed by atoms with Crippen LogP contribution in [0.3, 0.4) is 0 Å². The summed E-state index contributed by atoms with van der Waals surface area (Å²) in [6, 6.07) is 3.71. The molecule has 0 aliphatic heterocycles. The molecule has 0 spiro atoms. The Morgan fingerprint density at radius 1 is 1.42 bits per heavy atom. The molecule has 6 heteroatoms. The van der Waals surface area contributed by atoms with Gasteiger partial charge in [-0.15, -0.1) is 11.8 Å². The summed E-state index contributed by atoms with van der Waals surface area (Å²) < 4.78 is 25.7. The van der Waals surface area contributed by atoms with Crippen LogP contribution in [0.2, 0.25) is 0 Å². The molecule has 1 rings (SSSR count). The van der Waals surface area contributed by atoms with Crippen molar-refractivity contribution in [3.8, 4) is 0 Å². The van der Waals surface area contributed by atoms with E-state index in [4.69, 9.17) is 10.8 Å². The SMILES string of the molecule is CCC(N)(CCCSc1ccc(F)c(F)c1)C(=O)O. The molecule has 1 atom stereocenters. The number of benzene rings is 1. The van der Waals surface area contributed by atoms with Gasteiger partial charge in [-0.05, 0) is 43.2 Å². The van der Waals surface area contributed by atoms with E-state index in [2.05, 4.69) is 0 Å². The molecule has 0 radical (unpaired) electrons. The van der Waals surface area contributed by atoms with Crippen LogP contribution < -0.4 is 5.73 Å². The highest BCUT2D eigenvalue weighted by molar-refractivity contribution is 7.99. The second-order valence-corrected chi connectivity index (χ2v) is 5.51. The molecule has 106 valence electrons. The number of carboxylic acid groups (broad SMARTS) is 1. The van der Waals surface area contributed by atoms with E-state index in [-0.39, 0.29) is 0 Å². The molecule has 0 saturated heterocycles. The molecule has 0 saturated carbocycles. The molecule has 0 aliphatic rings. The molecular weight excluding hydrogens is 272 g/mol. The summed E-state index contributed by atoms with van der Waals surface area (Å²) in [5.41, 5.74) is 4.55. The minimum absolute atomic E-state index is 0.357. The third kappa shape index (κ3) is 4.47. The van der Waals surface area contributed by atoms with Crippen LogP contribution in [-0.4, -0.2) is 22.4 Å². The highest BCUT2D eigenvalue weighted by atomic mass is 32.2. The molecule has 19 heavy (non-hydrogen) atoms. The molecule has 1 aromatic carbocycles. The molecule has 3 nitrogen and oxygen atoms in total. The summed E-state index contributed by atoms with van der Waals surface area (Å²) in [5.74, 6) is -2.15. The first-order chi connectivity index (χ1) is 8.89. The van der Waals surface area contributed by atoms with Gasteiger partial charge in [0.2, 0.25) is 0 Å². The summed E-state index contributed by atoms with van der Waals surface area (Å²) in [4.78, 5) is 11.6. The monoisotopic (exact) mass is 289 g/mol. The maximum absolute atomic E-state index is 13.0. The van der Waals surface area contributed by atoms with Gasteiger partial charge in [0.15, 0.2) is 11.6 Å². The minimum Gasteiger partial charge on any atom is -0.480 e. The fourth-order valence-electron chi connectivity index (χ4n) is 1.58. The number of halogens is 2. The molecule has 1 aromatic rings. The van der Waals surface area contributed by atoms with Gasteiger partial charge in [-0.3, -0.25) is 4.79 Å². The predicted molar refractivity (Wildman–Crippen MR) is 71.2 cm³/mol. The van der Waals surface area contributed by atoms with Crippen LogP contribution in [0.1, 0.15) is 26.2 Å². The Hall–Kier alpha value is -1.14. The van der Waals surface area contributed by atoms with Crippen molar-refractivity contribution in [1.82, 2.24) is 0 Å². The zero-order valence-electron chi connectivity index (χ0n) is 10.7. The van der Waals surface area contributed by atoms with Crippen molar-refractivity contribution in [3.63, 3.8) is 0 Å². The molecule has 0 aromatic heterocycles. The second kappa shape index (κ2) is 6.86. The summed E-state index contributed by atoms with van der Waals surface area (Å²) in [6.45, 7) is 1.73. The van der Waals surface area contributed by atoms with Crippen molar-refractivity contribution >= 4 is 17.7 Å². The number of hydrogen-bond donors (Lipinski definition) is 2. The second-order valence-electron chi connectivity index (χ2n) is 4.34. The van der Waals surface area contributed by atoms with E-state index < -0.39 is 23.1 Å². The third-order valence-corrected chi connectivity index (χ3v) is 4.06. The predicted octanol–water partition coefficient (Wildman–Crippen LogP) is 3.03. The fraction of sp³-hybridized carbons (Fsp3) is 0.462. The first-order valence-corrected chi connectivity index (χ1v) is 6.98. The Balaban J connectivity index is 2.42. The molecule has 0 heterocycles. The maximum Gasteiger partial charge on any atom is 0.323 e. The first-order valence-electron chi connectivity index (χ1n) is 5.99. The van der Waals surface area contributed by atoms with Crippen LogP contribution in [0.5, 0.6) is 0 Å². The minimum atomic E-state index is -1.20. The number of carbonyl (C=O) groups is 1. The number of thioether (sulfide) groups is 1. The number of nitrogens with two attached hydrogens (primary N) is 1. The quantitative estimate of drug-likeness (QED) is 0.598. The van der Waals surface area contributed by atoms with Gasteiger partial charge < -0.3 is 10.8 Å². The smallest absolute Gasteiger partial charge is 0.323 e. The molecule has 3 N–H and O–H groups in total. The molecule has 0 aliphatic carbocycles. The molecule has 1 unspecified atom stereocenters. The van der Waals surface area contributed by atoms with Gasteiger partial charge in [0.05, 0.1) is 0 Å². The first kappa shape index (κ1) is 15.9. The van der Waals surface area contributed by atoms with Crippen molar-refractivity contribution in [1.29, 1.82) is 0 Å². The van der Waals surface area contributed by atoms with Crippen LogP contribution >= 0.6 is 11.8 Å². The molecular formula is C13H17F2NO2S. The van der Waals surface area contributed by atoms with E-state index in [1.54, 1.807) is 6.92 Å². The van der Waals surface area contributed by atoms with Crippen molar-refractivity contribution < 1.29 is 18.7 Å². The van der Waals surface area contributed by atoms with Crippen molar-refractivity contribution in [2.24, 2.45) is 5.73 Å². The van der Waals surface area contributed by atoms with E-state index in [1.807, 2.05) is 0 Å². The summed E-state index contributed by atoms with van der Waals surface area (Å²) in [5, 5.41) is 8.99. The van der Waals surface area contributed by atoms with E-state index in [0.717, 1.165) is 12.1 Å². The van der Waals surface area contributed by atoms with Crippen LogP contribution in [0.25, 0.3) is 0 Å².